The first-order chi connectivity index (χ1) is 9.22. The molecule has 0 bridgehead atoms. The minimum atomic E-state index is -2.58. The van der Waals surface area contributed by atoms with Gasteiger partial charge >= 0.3 is 0 Å². The summed E-state index contributed by atoms with van der Waals surface area (Å²) in [6, 6.07) is 6.68. The summed E-state index contributed by atoms with van der Waals surface area (Å²) in [6.07, 6.45) is -1.60. The van der Waals surface area contributed by atoms with E-state index < -0.39 is 19.2 Å². The van der Waals surface area contributed by atoms with Crippen LogP contribution in [0.2, 0.25) is 0 Å². The van der Waals surface area contributed by atoms with Gasteiger partial charge in [0.25, 0.3) is 0 Å². The van der Waals surface area contributed by atoms with Gasteiger partial charge in [0.05, 0.1) is 20.0 Å². The highest BCUT2D eigenvalue weighted by molar-refractivity contribution is 5.27. The van der Waals surface area contributed by atoms with Crippen LogP contribution in [0, 0.1) is 0 Å². The Labute approximate surface area is 97.0 Å². The van der Waals surface area contributed by atoms with Crippen molar-refractivity contribution in [3.05, 3.63) is 29.8 Å². The van der Waals surface area contributed by atoms with E-state index in [9.17, 15) is 0 Å². The number of ether oxygens (including phenoxy) is 3. The van der Waals surface area contributed by atoms with E-state index in [0.717, 1.165) is 12.0 Å². The smallest absolute Gasteiger partial charge is 0.119 e. The number of methoxy groups -OCH3 is 1. The van der Waals surface area contributed by atoms with Crippen LogP contribution in [0.1, 0.15) is 12.4 Å². The molecule has 1 atom stereocenters. The fourth-order valence-corrected chi connectivity index (χ4v) is 1.12. The molecule has 3 heteroatoms. The fraction of sp³-hybridized carbons (Fsp3) is 0.500. The molecule has 0 saturated carbocycles. The number of benzene rings is 1. The maximum atomic E-state index is 7.67. The standard InChI is InChI=1S/C12H16O3/c1-13-7-6-10-2-4-11(5-3-10)14-8-12-9-15-12/h2-5,12H,6-9H2,1H3/i8D2,9D2,12D. The zero-order valence-electron chi connectivity index (χ0n) is 13.4. The number of hydrogen-bond acceptors (Lipinski definition) is 3. The Hall–Kier alpha value is -1.06. The lowest BCUT2D eigenvalue weighted by Gasteiger charge is -2.05. The topological polar surface area (TPSA) is 31.0 Å². The van der Waals surface area contributed by atoms with E-state index in [1.54, 1.807) is 31.4 Å². The van der Waals surface area contributed by atoms with Crippen LogP contribution in [0.5, 0.6) is 5.75 Å². The van der Waals surface area contributed by atoms with Gasteiger partial charge < -0.3 is 14.2 Å². The van der Waals surface area contributed by atoms with Gasteiger partial charge in [0.1, 0.15) is 18.4 Å². The van der Waals surface area contributed by atoms with Gasteiger partial charge in [0.2, 0.25) is 0 Å². The second-order valence-electron chi connectivity index (χ2n) is 3.12. The molecule has 1 saturated heterocycles. The van der Waals surface area contributed by atoms with Crippen molar-refractivity contribution in [3.63, 3.8) is 0 Å². The maximum absolute atomic E-state index is 7.67. The van der Waals surface area contributed by atoms with Crippen molar-refractivity contribution >= 4 is 0 Å². The lowest BCUT2D eigenvalue weighted by molar-refractivity contribution is 0.202. The summed E-state index contributed by atoms with van der Waals surface area (Å²) in [5.41, 5.74) is 1.01. The van der Waals surface area contributed by atoms with Crippen LogP contribution >= 0.6 is 0 Å². The van der Waals surface area contributed by atoms with E-state index in [0.29, 0.717) is 6.61 Å². The van der Waals surface area contributed by atoms with Crippen molar-refractivity contribution in [2.45, 2.75) is 12.5 Å². The molecule has 15 heavy (non-hydrogen) atoms. The minimum Gasteiger partial charge on any atom is -0.491 e. The van der Waals surface area contributed by atoms with Gasteiger partial charge in [-0.2, -0.15) is 0 Å². The average Bonchev–Trinajstić information content (AvgIpc) is 2.89. The lowest BCUT2D eigenvalue weighted by atomic mass is 10.1. The molecule has 3 nitrogen and oxygen atoms in total. The Morgan fingerprint density at radius 2 is 2.33 bits per heavy atom. The van der Waals surface area contributed by atoms with Crippen LogP contribution in [-0.2, 0) is 15.9 Å². The van der Waals surface area contributed by atoms with Gasteiger partial charge in [-0.05, 0) is 24.1 Å². The predicted octanol–water partition coefficient (Wildman–Crippen LogP) is 1.65. The summed E-state index contributed by atoms with van der Waals surface area (Å²) < 4.78 is 52.0. The Morgan fingerprint density at radius 1 is 1.60 bits per heavy atom. The molecule has 1 aliphatic rings. The van der Waals surface area contributed by atoms with Crippen molar-refractivity contribution < 1.29 is 21.1 Å². The first-order valence-corrected chi connectivity index (χ1v) is 4.69. The molecule has 1 aromatic rings. The highest BCUT2D eigenvalue weighted by Gasteiger charge is 2.22. The third kappa shape index (κ3) is 3.53. The molecule has 0 radical (unpaired) electrons. The Kier molecular flexibility index (Phi) is 2.01. The van der Waals surface area contributed by atoms with Crippen molar-refractivity contribution in [2.24, 2.45) is 0 Å². The third-order valence-electron chi connectivity index (χ3n) is 1.98. The van der Waals surface area contributed by atoms with Gasteiger partial charge in [-0.15, -0.1) is 0 Å². The summed E-state index contributed by atoms with van der Waals surface area (Å²) in [7, 11) is 1.61. The SMILES string of the molecule is [2H]C([2H])(Oc1ccc(CCOC)cc1)C1([2H])OC1([2H])[2H]. The van der Waals surface area contributed by atoms with E-state index in [-0.39, 0.29) is 5.75 Å². The molecule has 1 heterocycles. The number of rotatable bonds is 6. The molecule has 1 aliphatic heterocycles. The second-order valence-corrected chi connectivity index (χ2v) is 3.12. The summed E-state index contributed by atoms with van der Waals surface area (Å²) in [4.78, 5) is 0. The number of epoxide rings is 1. The minimum absolute atomic E-state index is 0.217. The molecule has 1 unspecified atom stereocenters. The molecule has 0 aromatic heterocycles. The van der Waals surface area contributed by atoms with Crippen molar-refractivity contribution in [1.82, 2.24) is 0 Å². The van der Waals surface area contributed by atoms with Crippen LogP contribution in [0.4, 0.5) is 0 Å². The Morgan fingerprint density at radius 3 is 2.93 bits per heavy atom. The zero-order valence-corrected chi connectivity index (χ0v) is 8.45. The van der Waals surface area contributed by atoms with Crippen LogP contribution in [0.3, 0.4) is 0 Å². The highest BCUT2D eigenvalue weighted by atomic mass is 16.6. The quantitative estimate of drug-likeness (QED) is 0.673. The van der Waals surface area contributed by atoms with E-state index in [2.05, 4.69) is 4.74 Å². The Balaban J connectivity index is 2.03. The largest absolute Gasteiger partial charge is 0.491 e. The maximum Gasteiger partial charge on any atom is 0.119 e. The summed E-state index contributed by atoms with van der Waals surface area (Å²) >= 11 is 0. The van der Waals surface area contributed by atoms with E-state index >= 15 is 0 Å². The van der Waals surface area contributed by atoms with E-state index in [1.165, 1.54) is 0 Å². The molecule has 82 valence electrons. The van der Waals surface area contributed by atoms with Gasteiger partial charge in [0, 0.05) is 7.11 Å². The molecular formula is C12H16O3. The van der Waals surface area contributed by atoms with Crippen LogP contribution < -0.4 is 4.74 Å². The first-order valence-electron chi connectivity index (χ1n) is 7.19. The highest BCUT2D eigenvalue weighted by Crippen LogP contribution is 2.15. The summed E-state index contributed by atoms with van der Waals surface area (Å²) in [6.45, 7) is -4.33. The molecule has 1 aromatic carbocycles. The molecule has 0 N–H and O–H groups in total. The monoisotopic (exact) mass is 213 g/mol. The van der Waals surface area contributed by atoms with Crippen molar-refractivity contribution in [1.29, 1.82) is 0 Å². The van der Waals surface area contributed by atoms with Gasteiger partial charge in [-0.1, -0.05) is 12.1 Å². The first kappa shape index (κ1) is 5.87. The molecule has 2 rings (SSSR count). The van der Waals surface area contributed by atoms with E-state index in [1.807, 2.05) is 0 Å². The summed E-state index contributed by atoms with van der Waals surface area (Å²) in [5.74, 6) is 0.217. The predicted molar refractivity (Wildman–Crippen MR) is 57.3 cm³/mol. The Bertz CT molecular complexity index is 476. The molecular weight excluding hydrogens is 192 g/mol. The normalized spacial score (nSPS) is 33.0. The van der Waals surface area contributed by atoms with Crippen molar-refractivity contribution in [2.75, 3.05) is 26.8 Å². The molecule has 1 fully saturated rings. The van der Waals surface area contributed by atoms with Gasteiger partial charge in [-0.3, -0.25) is 0 Å². The molecule has 0 aliphatic carbocycles. The molecule has 0 amide bonds. The average molecular weight is 213 g/mol. The summed E-state index contributed by atoms with van der Waals surface area (Å²) in [5, 5.41) is 0. The third-order valence-corrected chi connectivity index (χ3v) is 1.98. The fourth-order valence-electron chi connectivity index (χ4n) is 1.12. The number of hydrogen-bond donors (Lipinski definition) is 0. The van der Waals surface area contributed by atoms with E-state index in [4.69, 9.17) is 16.3 Å². The van der Waals surface area contributed by atoms with Gasteiger partial charge in [0.15, 0.2) is 0 Å². The van der Waals surface area contributed by atoms with Crippen molar-refractivity contribution in [3.8, 4) is 5.75 Å². The van der Waals surface area contributed by atoms with Crippen LogP contribution in [0.25, 0.3) is 0 Å². The lowest BCUT2D eigenvalue weighted by Crippen LogP contribution is -2.04. The van der Waals surface area contributed by atoms with Crippen LogP contribution in [0.15, 0.2) is 24.3 Å². The molecule has 0 spiro atoms. The second kappa shape index (κ2) is 5.14. The zero-order chi connectivity index (χ0) is 15.0. The van der Waals surface area contributed by atoms with Gasteiger partial charge in [-0.25, -0.2) is 0 Å². The van der Waals surface area contributed by atoms with Crippen LogP contribution in [-0.4, -0.2) is 32.9 Å².